The fourth-order valence-electron chi connectivity index (χ4n) is 1.35. The lowest BCUT2D eigenvalue weighted by Crippen LogP contribution is -2.37. The van der Waals surface area contributed by atoms with Gasteiger partial charge in [0.15, 0.2) is 6.61 Å². The summed E-state index contributed by atoms with van der Waals surface area (Å²) in [6.07, 6.45) is 0. The van der Waals surface area contributed by atoms with Gasteiger partial charge in [-0.2, -0.15) is 0 Å². The highest BCUT2D eigenvalue weighted by atomic mass is 127. The molecule has 5 nitrogen and oxygen atoms in total. The Morgan fingerprint density at radius 1 is 1.56 bits per heavy atom. The van der Waals surface area contributed by atoms with Crippen LogP contribution in [0.15, 0.2) is 5.16 Å². The van der Waals surface area contributed by atoms with Gasteiger partial charge in [0.1, 0.15) is 19.5 Å². The number of rotatable bonds is 1. The summed E-state index contributed by atoms with van der Waals surface area (Å²) in [5.41, 5.74) is 0.406. The van der Waals surface area contributed by atoms with E-state index < -0.39 is 0 Å². The topological polar surface area (TPSA) is 51.5 Å². The number of aryl methyl sites for hydroxylation is 1. The molecule has 0 amide bonds. The van der Waals surface area contributed by atoms with E-state index in [0.29, 0.717) is 17.1 Å². The summed E-state index contributed by atoms with van der Waals surface area (Å²) >= 11 is 7.44. The van der Waals surface area contributed by atoms with E-state index in [4.69, 9.17) is 21.8 Å². The van der Waals surface area contributed by atoms with Gasteiger partial charge in [-0.25, -0.2) is 0 Å². The van der Waals surface area contributed by atoms with Crippen LogP contribution in [0.25, 0.3) is 0 Å². The minimum Gasteiger partial charge on any atom is -0.465 e. The molecule has 88 valence electrons. The van der Waals surface area contributed by atoms with Gasteiger partial charge in [-0.3, -0.25) is 9.78 Å². The number of hydrogen-bond donors (Lipinski definition) is 1. The summed E-state index contributed by atoms with van der Waals surface area (Å²) in [6, 6.07) is 0. The van der Waals surface area contributed by atoms with Crippen LogP contribution in [-0.4, -0.2) is 27.9 Å². The minimum atomic E-state index is -0.377. The second-order valence-electron chi connectivity index (χ2n) is 4.20. The molecule has 1 N–H and O–H groups in total. The number of halogens is 1. The Bertz CT molecular complexity index is 503. The van der Waals surface area contributed by atoms with Crippen molar-refractivity contribution in [2.75, 3.05) is 6.61 Å². The van der Waals surface area contributed by atoms with E-state index in [1.165, 1.54) is 0 Å². The fourth-order valence-corrected chi connectivity index (χ4v) is 2.62. The monoisotopic (exact) mass is 353 g/mol. The maximum Gasteiger partial charge on any atom is 0.264 e. The molecular formula is C9H12IN3O2S. The van der Waals surface area contributed by atoms with Gasteiger partial charge < -0.3 is 9.57 Å². The summed E-state index contributed by atoms with van der Waals surface area (Å²) in [5, 5.41) is 7.00. The van der Waals surface area contributed by atoms with E-state index in [2.05, 4.69) is 32.8 Å². The predicted molar refractivity (Wildman–Crippen MR) is 71.0 cm³/mol. The Balaban J connectivity index is 2.46. The Morgan fingerprint density at radius 2 is 2.25 bits per heavy atom. The number of ether oxygens (including phenoxy) is 1. The van der Waals surface area contributed by atoms with Crippen molar-refractivity contribution < 1.29 is 9.57 Å². The third-order valence-electron chi connectivity index (χ3n) is 2.15. The molecule has 7 heteroatoms. The number of aromatic amines is 1. The van der Waals surface area contributed by atoms with Gasteiger partial charge in [0, 0.05) is 7.05 Å². The van der Waals surface area contributed by atoms with Gasteiger partial charge in [0.25, 0.3) is 5.90 Å². The number of nitrogens with one attached hydrogen (secondary N) is 1. The summed E-state index contributed by atoms with van der Waals surface area (Å²) in [4.78, 5) is 5.16. The molecule has 2 heterocycles. The maximum absolute atomic E-state index is 5.76. The Labute approximate surface area is 112 Å². The highest BCUT2D eigenvalue weighted by molar-refractivity contribution is 14.1. The van der Waals surface area contributed by atoms with Gasteiger partial charge in [-0.15, -0.1) is 0 Å². The smallest absolute Gasteiger partial charge is 0.264 e. The van der Waals surface area contributed by atoms with E-state index in [-0.39, 0.29) is 5.60 Å². The number of nitrogens with zero attached hydrogens (tertiary/aromatic N) is 2. The van der Waals surface area contributed by atoms with Gasteiger partial charge in [0.05, 0.1) is 0 Å². The van der Waals surface area contributed by atoms with Crippen LogP contribution in [0.4, 0.5) is 0 Å². The molecule has 0 spiro atoms. The van der Waals surface area contributed by atoms with Crippen molar-refractivity contribution in [2.45, 2.75) is 19.4 Å². The van der Waals surface area contributed by atoms with Crippen LogP contribution in [0.5, 0.6) is 0 Å². The minimum absolute atomic E-state index is 0.377. The third kappa shape index (κ3) is 2.10. The normalized spacial score (nSPS) is 18.6. The molecule has 0 atom stereocenters. The van der Waals surface area contributed by atoms with Gasteiger partial charge in [-0.1, -0.05) is 12.2 Å². The van der Waals surface area contributed by atoms with Crippen molar-refractivity contribution in [3.63, 3.8) is 0 Å². The van der Waals surface area contributed by atoms with Crippen molar-refractivity contribution in [3.05, 3.63) is 13.9 Å². The van der Waals surface area contributed by atoms with Gasteiger partial charge >= 0.3 is 0 Å². The molecule has 0 aromatic carbocycles. The molecule has 1 aromatic heterocycles. The van der Waals surface area contributed by atoms with E-state index in [9.17, 15) is 0 Å². The second kappa shape index (κ2) is 4.02. The van der Waals surface area contributed by atoms with E-state index in [1.807, 2.05) is 20.9 Å². The molecule has 1 aliphatic heterocycles. The molecule has 1 aliphatic rings. The van der Waals surface area contributed by atoms with Crippen LogP contribution in [0.1, 0.15) is 19.4 Å². The first-order valence-electron chi connectivity index (χ1n) is 4.74. The highest BCUT2D eigenvalue weighted by Gasteiger charge is 2.30. The molecule has 2 rings (SSSR count). The van der Waals surface area contributed by atoms with Crippen LogP contribution in [0, 0.1) is 8.34 Å². The largest absolute Gasteiger partial charge is 0.465 e. The molecule has 1 aromatic rings. The van der Waals surface area contributed by atoms with Gasteiger partial charge in [0.2, 0.25) is 0 Å². The first kappa shape index (κ1) is 11.9. The van der Waals surface area contributed by atoms with Gasteiger partial charge in [-0.05, 0) is 41.6 Å². The average molecular weight is 353 g/mol. The number of hydrogen-bond acceptors (Lipinski definition) is 4. The first-order valence-corrected chi connectivity index (χ1v) is 6.23. The summed E-state index contributed by atoms with van der Waals surface area (Å²) in [5.74, 6) is 0.447. The summed E-state index contributed by atoms with van der Waals surface area (Å²) < 4.78 is 9.06. The molecular weight excluding hydrogens is 341 g/mol. The SMILES string of the molecule is Cn1[nH]c(I)c(C2=NOCC(C)(C)O2)c1=S. The molecule has 0 saturated heterocycles. The quantitative estimate of drug-likeness (QED) is 0.622. The van der Waals surface area contributed by atoms with Crippen molar-refractivity contribution >= 4 is 40.7 Å². The highest BCUT2D eigenvalue weighted by Crippen LogP contribution is 2.22. The van der Waals surface area contributed by atoms with E-state index in [1.54, 1.807) is 4.68 Å². The lowest BCUT2D eigenvalue weighted by Gasteiger charge is -2.28. The average Bonchev–Trinajstić information content (AvgIpc) is 2.39. The Morgan fingerprint density at radius 3 is 2.75 bits per heavy atom. The second-order valence-corrected chi connectivity index (χ2v) is 5.66. The van der Waals surface area contributed by atoms with Crippen LogP contribution in [0.3, 0.4) is 0 Å². The first-order chi connectivity index (χ1) is 7.41. The molecule has 0 saturated carbocycles. The lowest BCUT2D eigenvalue weighted by molar-refractivity contribution is -0.0427. The fraction of sp³-hybridized carbons (Fsp3) is 0.556. The standard InChI is InChI=1S/C9H12IN3O2S/c1-9(2)4-14-12-7(15-9)5-6(10)11-13(3)8(5)16/h11H,4H2,1-3H3. The molecule has 0 radical (unpaired) electrons. The lowest BCUT2D eigenvalue weighted by atomic mass is 10.1. The number of oxime groups is 1. The Hall–Kier alpha value is -0.570. The number of H-pyrrole nitrogens is 1. The summed E-state index contributed by atoms with van der Waals surface area (Å²) in [6.45, 7) is 4.34. The molecule has 0 fully saturated rings. The zero-order valence-corrected chi connectivity index (χ0v) is 12.2. The molecule has 16 heavy (non-hydrogen) atoms. The molecule has 0 aliphatic carbocycles. The van der Waals surface area contributed by atoms with E-state index >= 15 is 0 Å². The molecule has 0 bridgehead atoms. The zero-order valence-electron chi connectivity index (χ0n) is 9.20. The predicted octanol–water partition coefficient (Wildman–Crippen LogP) is 2.17. The Kier molecular flexibility index (Phi) is 2.99. The van der Waals surface area contributed by atoms with Crippen LogP contribution >= 0.6 is 34.8 Å². The van der Waals surface area contributed by atoms with Crippen molar-refractivity contribution in [3.8, 4) is 0 Å². The molecule has 0 unspecified atom stereocenters. The zero-order chi connectivity index (χ0) is 11.9. The third-order valence-corrected chi connectivity index (χ3v) is 3.41. The van der Waals surface area contributed by atoms with Crippen molar-refractivity contribution in [1.29, 1.82) is 0 Å². The maximum atomic E-state index is 5.76. The van der Waals surface area contributed by atoms with Crippen LogP contribution in [-0.2, 0) is 16.6 Å². The van der Waals surface area contributed by atoms with Crippen LogP contribution in [0.2, 0.25) is 0 Å². The number of aromatic nitrogens is 2. The van der Waals surface area contributed by atoms with Crippen molar-refractivity contribution in [1.82, 2.24) is 9.78 Å². The van der Waals surface area contributed by atoms with E-state index in [0.717, 1.165) is 9.26 Å². The van der Waals surface area contributed by atoms with Crippen molar-refractivity contribution in [2.24, 2.45) is 12.2 Å². The van der Waals surface area contributed by atoms with Crippen LogP contribution < -0.4 is 0 Å². The summed E-state index contributed by atoms with van der Waals surface area (Å²) in [7, 11) is 1.85.